The molecule has 2 rings (SSSR count). The second-order valence-electron chi connectivity index (χ2n) is 2.93. The highest BCUT2D eigenvalue weighted by molar-refractivity contribution is 5.95. The Hall–Kier alpha value is -1.57. The Labute approximate surface area is 77.6 Å². The summed E-state index contributed by atoms with van der Waals surface area (Å²) in [6.07, 6.45) is 1.96. The predicted octanol–water partition coefficient (Wildman–Crippen LogP) is 2.37. The van der Waals surface area contributed by atoms with Crippen molar-refractivity contribution in [2.75, 3.05) is 6.54 Å². The Morgan fingerprint density at radius 3 is 2.69 bits per heavy atom. The molecule has 1 aliphatic rings. The summed E-state index contributed by atoms with van der Waals surface area (Å²) in [5.74, 6) is 1.65. The van der Waals surface area contributed by atoms with E-state index in [2.05, 4.69) is 4.99 Å². The van der Waals surface area contributed by atoms with Crippen molar-refractivity contribution < 1.29 is 4.74 Å². The summed E-state index contributed by atoms with van der Waals surface area (Å²) < 4.78 is 5.48. The first kappa shape index (κ1) is 8.05. The van der Waals surface area contributed by atoms with E-state index in [4.69, 9.17) is 4.74 Å². The maximum atomic E-state index is 5.48. The molecule has 1 aliphatic heterocycles. The van der Waals surface area contributed by atoms with Crippen molar-refractivity contribution in [1.29, 1.82) is 0 Å². The Morgan fingerprint density at radius 1 is 1.23 bits per heavy atom. The Kier molecular flexibility index (Phi) is 2.13. The van der Waals surface area contributed by atoms with E-state index in [0.29, 0.717) is 0 Å². The summed E-state index contributed by atoms with van der Waals surface area (Å²) >= 11 is 0. The summed E-state index contributed by atoms with van der Waals surface area (Å²) in [5.41, 5.74) is 1.04. The smallest absolute Gasteiger partial charge is 0.221 e. The van der Waals surface area contributed by atoms with Gasteiger partial charge in [-0.25, -0.2) is 4.99 Å². The van der Waals surface area contributed by atoms with Crippen LogP contribution in [0.25, 0.3) is 0 Å². The number of allylic oxidation sites excluding steroid dienone is 1. The molecule has 0 radical (unpaired) electrons. The van der Waals surface area contributed by atoms with Crippen LogP contribution in [0.15, 0.2) is 47.2 Å². The Bertz CT molecular complexity index is 352. The zero-order chi connectivity index (χ0) is 9.10. The lowest BCUT2D eigenvalue weighted by molar-refractivity contribution is 0.407. The average Bonchev–Trinajstić information content (AvgIpc) is 2.19. The second kappa shape index (κ2) is 3.44. The SMILES string of the molecule is CC1=CCN=C(c2ccccc2)O1. The fraction of sp³-hybridized carbons (Fsp3) is 0.182. The van der Waals surface area contributed by atoms with Crippen molar-refractivity contribution in [3.8, 4) is 0 Å². The summed E-state index contributed by atoms with van der Waals surface area (Å²) in [5, 5.41) is 0. The van der Waals surface area contributed by atoms with Crippen molar-refractivity contribution in [1.82, 2.24) is 0 Å². The van der Waals surface area contributed by atoms with E-state index in [1.165, 1.54) is 0 Å². The maximum absolute atomic E-state index is 5.48. The average molecular weight is 173 g/mol. The van der Waals surface area contributed by atoms with Gasteiger partial charge in [-0.3, -0.25) is 0 Å². The largest absolute Gasteiger partial charge is 0.444 e. The number of aliphatic imine (C=N–C) groups is 1. The molecule has 1 aromatic rings. The second-order valence-corrected chi connectivity index (χ2v) is 2.93. The van der Waals surface area contributed by atoms with Crippen LogP contribution in [0.3, 0.4) is 0 Å². The lowest BCUT2D eigenvalue weighted by atomic mass is 10.2. The molecule has 2 nitrogen and oxygen atoms in total. The lowest BCUT2D eigenvalue weighted by Crippen LogP contribution is -2.10. The third-order valence-corrected chi connectivity index (χ3v) is 1.89. The van der Waals surface area contributed by atoms with Gasteiger partial charge < -0.3 is 4.74 Å². The van der Waals surface area contributed by atoms with Gasteiger partial charge in [0.1, 0.15) is 5.76 Å². The highest BCUT2D eigenvalue weighted by Gasteiger charge is 2.07. The van der Waals surface area contributed by atoms with Crippen LogP contribution >= 0.6 is 0 Å². The molecule has 0 saturated heterocycles. The van der Waals surface area contributed by atoms with Crippen molar-refractivity contribution in [2.45, 2.75) is 6.92 Å². The zero-order valence-electron chi connectivity index (χ0n) is 7.53. The van der Waals surface area contributed by atoms with Crippen molar-refractivity contribution in [3.63, 3.8) is 0 Å². The molecule has 0 unspecified atom stereocenters. The molecule has 1 aromatic carbocycles. The summed E-state index contributed by atoms with van der Waals surface area (Å²) in [6, 6.07) is 9.94. The maximum Gasteiger partial charge on any atom is 0.221 e. The molecule has 0 aromatic heterocycles. The van der Waals surface area contributed by atoms with Crippen LogP contribution in [0.4, 0.5) is 0 Å². The molecular weight excluding hydrogens is 162 g/mol. The zero-order valence-corrected chi connectivity index (χ0v) is 7.53. The van der Waals surface area contributed by atoms with E-state index >= 15 is 0 Å². The van der Waals surface area contributed by atoms with Gasteiger partial charge >= 0.3 is 0 Å². The molecule has 13 heavy (non-hydrogen) atoms. The highest BCUT2D eigenvalue weighted by Crippen LogP contribution is 2.10. The van der Waals surface area contributed by atoms with Crippen LogP contribution in [0.1, 0.15) is 12.5 Å². The number of hydrogen-bond donors (Lipinski definition) is 0. The minimum Gasteiger partial charge on any atom is -0.444 e. The fourth-order valence-electron chi connectivity index (χ4n) is 1.21. The van der Waals surface area contributed by atoms with Gasteiger partial charge in [-0.2, -0.15) is 0 Å². The molecule has 0 bridgehead atoms. The van der Waals surface area contributed by atoms with E-state index in [1.54, 1.807) is 0 Å². The van der Waals surface area contributed by atoms with Gasteiger partial charge in [-0.15, -0.1) is 0 Å². The topological polar surface area (TPSA) is 21.6 Å². The molecule has 0 amide bonds. The quantitative estimate of drug-likeness (QED) is 0.638. The molecule has 0 atom stereocenters. The van der Waals surface area contributed by atoms with Gasteiger partial charge in [0.05, 0.1) is 6.54 Å². The fourth-order valence-corrected chi connectivity index (χ4v) is 1.21. The number of nitrogens with zero attached hydrogens (tertiary/aromatic N) is 1. The molecule has 0 spiro atoms. The first-order valence-corrected chi connectivity index (χ1v) is 4.31. The third kappa shape index (κ3) is 1.78. The van der Waals surface area contributed by atoms with E-state index in [-0.39, 0.29) is 0 Å². The van der Waals surface area contributed by atoms with Crippen LogP contribution in [0.2, 0.25) is 0 Å². The molecule has 0 saturated carbocycles. The minimum absolute atomic E-state index is 0.718. The number of hydrogen-bond acceptors (Lipinski definition) is 2. The van der Waals surface area contributed by atoms with Gasteiger partial charge in [0.15, 0.2) is 0 Å². The molecular formula is C11H11NO. The molecule has 1 heterocycles. The van der Waals surface area contributed by atoms with Crippen LogP contribution in [-0.4, -0.2) is 12.4 Å². The lowest BCUT2D eigenvalue weighted by Gasteiger charge is -2.12. The minimum atomic E-state index is 0.718. The van der Waals surface area contributed by atoms with E-state index in [0.717, 1.165) is 23.8 Å². The van der Waals surface area contributed by atoms with Gasteiger partial charge in [0, 0.05) is 5.56 Å². The molecule has 0 N–H and O–H groups in total. The van der Waals surface area contributed by atoms with Crippen molar-refractivity contribution >= 4 is 5.90 Å². The molecule has 0 fully saturated rings. The number of ether oxygens (including phenoxy) is 1. The summed E-state index contributed by atoms with van der Waals surface area (Å²) in [6.45, 7) is 2.66. The van der Waals surface area contributed by atoms with Crippen molar-refractivity contribution in [2.24, 2.45) is 4.99 Å². The number of benzene rings is 1. The van der Waals surface area contributed by atoms with E-state index < -0.39 is 0 Å². The van der Waals surface area contributed by atoms with E-state index in [9.17, 15) is 0 Å². The van der Waals surface area contributed by atoms with Gasteiger partial charge in [0.2, 0.25) is 5.90 Å². The van der Waals surface area contributed by atoms with Gasteiger partial charge in [0.25, 0.3) is 0 Å². The monoisotopic (exact) mass is 173 g/mol. The normalized spacial score (nSPS) is 15.8. The first-order chi connectivity index (χ1) is 6.36. The first-order valence-electron chi connectivity index (χ1n) is 4.31. The van der Waals surface area contributed by atoms with Gasteiger partial charge in [-0.1, -0.05) is 18.2 Å². The third-order valence-electron chi connectivity index (χ3n) is 1.89. The van der Waals surface area contributed by atoms with Crippen LogP contribution in [0.5, 0.6) is 0 Å². The highest BCUT2D eigenvalue weighted by atomic mass is 16.5. The van der Waals surface area contributed by atoms with Crippen LogP contribution in [0, 0.1) is 0 Å². The summed E-state index contributed by atoms with van der Waals surface area (Å²) in [7, 11) is 0. The molecule has 66 valence electrons. The van der Waals surface area contributed by atoms with E-state index in [1.807, 2.05) is 43.3 Å². The summed E-state index contributed by atoms with van der Waals surface area (Å²) in [4.78, 5) is 4.27. The Balaban J connectivity index is 2.24. The van der Waals surface area contributed by atoms with Crippen molar-refractivity contribution in [3.05, 3.63) is 47.7 Å². The van der Waals surface area contributed by atoms with Gasteiger partial charge in [-0.05, 0) is 25.1 Å². The molecule has 0 aliphatic carbocycles. The predicted molar refractivity (Wildman–Crippen MR) is 52.7 cm³/mol. The van der Waals surface area contributed by atoms with Crippen LogP contribution in [-0.2, 0) is 4.74 Å². The standard InChI is InChI=1S/C11H11NO/c1-9-7-8-12-11(13-9)10-5-3-2-4-6-10/h2-7H,8H2,1H3. The van der Waals surface area contributed by atoms with Crippen LogP contribution < -0.4 is 0 Å². The molecule has 2 heteroatoms. The number of rotatable bonds is 1. The Morgan fingerprint density at radius 2 is 2.00 bits per heavy atom.